The summed E-state index contributed by atoms with van der Waals surface area (Å²) in [6, 6.07) is 4.92. The number of ether oxygens (including phenoxy) is 6. The molecule has 5 atom stereocenters. The van der Waals surface area contributed by atoms with Crippen molar-refractivity contribution in [1.82, 2.24) is 0 Å². The van der Waals surface area contributed by atoms with Gasteiger partial charge in [-0.1, -0.05) is 6.07 Å². The molecule has 1 aromatic rings. The third-order valence-corrected chi connectivity index (χ3v) is 4.24. The van der Waals surface area contributed by atoms with E-state index in [1.807, 2.05) is 6.92 Å². The standard InChI is InChI=1S/C20H25NO10/c1-9-6-7-14(13(21)8-9)30-20-18(29-12(4)24)16(28-11(3)23)15(27-10(2)22)17(31-20)19(25)26-5/h6-8,15-18,20H,21H2,1-5H3/t15-,16-,17-,18+,20+/m0/s1. The van der Waals surface area contributed by atoms with Crippen LogP contribution in [0.25, 0.3) is 0 Å². The van der Waals surface area contributed by atoms with Gasteiger partial charge in [-0.05, 0) is 24.6 Å². The summed E-state index contributed by atoms with van der Waals surface area (Å²) in [5, 5.41) is 0. The number of carbonyl (C=O) groups is 4. The number of methoxy groups -OCH3 is 1. The molecule has 0 spiro atoms. The number of nitrogens with two attached hydrogens (primary N) is 1. The highest BCUT2D eigenvalue weighted by Gasteiger charge is 2.55. The van der Waals surface area contributed by atoms with E-state index >= 15 is 0 Å². The van der Waals surface area contributed by atoms with Gasteiger partial charge in [0.05, 0.1) is 12.8 Å². The van der Waals surface area contributed by atoms with Gasteiger partial charge in [-0.3, -0.25) is 14.4 Å². The summed E-state index contributed by atoms with van der Waals surface area (Å²) in [5.41, 5.74) is 7.10. The second-order valence-electron chi connectivity index (χ2n) is 6.83. The molecule has 0 radical (unpaired) electrons. The number of rotatable bonds is 6. The van der Waals surface area contributed by atoms with Gasteiger partial charge in [-0.25, -0.2) is 4.79 Å². The minimum atomic E-state index is -1.54. The first kappa shape index (κ1) is 23.9. The molecule has 31 heavy (non-hydrogen) atoms. The van der Waals surface area contributed by atoms with E-state index in [-0.39, 0.29) is 11.4 Å². The summed E-state index contributed by atoms with van der Waals surface area (Å²) in [6.45, 7) is 5.14. The van der Waals surface area contributed by atoms with E-state index in [4.69, 9.17) is 34.2 Å². The van der Waals surface area contributed by atoms with E-state index in [0.717, 1.165) is 33.4 Å². The third kappa shape index (κ3) is 6.07. The zero-order valence-electron chi connectivity index (χ0n) is 17.8. The Morgan fingerprint density at radius 1 is 0.903 bits per heavy atom. The number of benzene rings is 1. The number of esters is 4. The monoisotopic (exact) mass is 439 g/mol. The van der Waals surface area contributed by atoms with Crippen LogP contribution in [0, 0.1) is 6.92 Å². The molecule has 1 heterocycles. The Morgan fingerprint density at radius 2 is 1.45 bits per heavy atom. The molecule has 1 aliphatic heterocycles. The molecule has 0 amide bonds. The van der Waals surface area contributed by atoms with Crippen molar-refractivity contribution in [3.8, 4) is 5.75 Å². The van der Waals surface area contributed by atoms with Crippen LogP contribution >= 0.6 is 0 Å². The topological polar surface area (TPSA) is 150 Å². The van der Waals surface area contributed by atoms with E-state index < -0.39 is 54.6 Å². The lowest BCUT2D eigenvalue weighted by Crippen LogP contribution is -2.64. The summed E-state index contributed by atoms with van der Waals surface area (Å²) >= 11 is 0. The minimum Gasteiger partial charge on any atom is -0.467 e. The van der Waals surface area contributed by atoms with Crippen LogP contribution in [-0.4, -0.2) is 61.7 Å². The van der Waals surface area contributed by atoms with Gasteiger partial charge >= 0.3 is 23.9 Å². The van der Waals surface area contributed by atoms with Crippen molar-refractivity contribution in [3.63, 3.8) is 0 Å². The minimum absolute atomic E-state index is 0.170. The lowest BCUT2D eigenvalue weighted by Gasteiger charge is -2.43. The van der Waals surface area contributed by atoms with Crippen LogP contribution in [0.15, 0.2) is 18.2 Å². The van der Waals surface area contributed by atoms with Gasteiger partial charge in [0.1, 0.15) is 5.75 Å². The first-order valence-electron chi connectivity index (χ1n) is 9.31. The maximum atomic E-state index is 12.4. The molecule has 11 nitrogen and oxygen atoms in total. The normalized spacial score (nSPS) is 25.1. The van der Waals surface area contributed by atoms with Crippen molar-refractivity contribution < 1.29 is 47.6 Å². The third-order valence-electron chi connectivity index (χ3n) is 4.24. The molecule has 0 bridgehead atoms. The second-order valence-corrected chi connectivity index (χ2v) is 6.83. The van der Waals surface area contributed by atoms with Gasteiger partial charge in [-0.15, -0.1) is 0 Å². The van der Waals surface area contributed by atoms with Crippen LogP contribution in [-0.2, 0) is 42.9 Å². The average Bonchev–Trinajstić information content (AvgIpc) is 2.66. The molecule has 0 aliphatic carbocycles. The predicted octanol–water partition coefficient (Wildman–Crippen LogP) is 0.649. The van der Waals surface area contributed by atoms with Crippen LogP contribution in [0.1, 0.15) is 26.3 Å². The van der Waals surface area contributed by atoms with Gasteiger partial charge in [0.25, 0.3) is 0 Å². The van der Waals surface area contributed by atoms with E-state index in [1.54, 1.807) is 18.2 Å². The van der Waals surface area contributed by atoms with Gasteiger partial charge in [0.15, 0.2) is 18.3 Å². The molecule has 11 heteroatoms. The molecule has 2 N–H and O–H groups in total. The van der Waals surface area contributed by atoms with E-state index in [0.29, 0.717) is 0 Å². The van der Waals surface area contributed by atoms with E-state index in [2.05, 4.69) is 0 Å². The highest BCUT2D eigenvalue weighted by Crippen LogP contribution is 2.33. The van der Waals surface area contributed by atoms with Crippen LogP contribution in [0.4, 0.5) is 5.69 Å². The number of hydrogen-bond acceptors (Lipinski definition) is 11. The zero-order valence-corrected chi connectivity index (χ0v) is 17.8. The molecular formula is C20H25NO10. The Kier molecular flexibility index (Phi) is 7.81. The summed E-state index contributed by atoms with van der Waals surface area (Å²) in [6.07, 6.45) is -7.28. The van der Waals surface area contributed by atoms with Gasteiger partial charge in [-0.2, -0.15) is 0 Å². The molecule has 1 aromatic carbocycles. The fourth-order valence-electron chi connectivity index (χ4n) is 3.07. The SMILES string of the molecule is COC(=O)[C@H]1O[C@@H](Oc2ccc(C)cc2N)[C@H](OC(C)=O)[C@@H](OC(C)=O)[C@@H]1OC(C)=O. The smallest absolute Gasteiger partial charge is 0.339 e. The van der Waals surface area contributed by atoms with Crippen LogP contribution < -0.4 is 10.5 Å². The molecule has 1 saturated heterocycles. The van der Waals surface area contributed by atoms with Crippen LogP contribution in [0.5, 0.6) is 5.75 Å². The Labute approximate surface area is 178 Å². The number of carbonyl (C=O) groups excluding carboxylic acids is 4. The fourth-order valence-corrected chi connectivity index (χ4v) is 3.07. The average molecular weight is 439 g/mol. The van der Waals surface area contributed by atoms with Gasteiger partial charge < -0.3 is 34.2 Å². The Morgan fingerprint density at radius 3 is 1.97 bits per heavy atom. The summed E-state index contributed by atoms with van der Waals surface area (Å²) in [5.74, 6) is -3.07. The molecule has 0 aromatic heterocycles. The maximum absolute atomic E-state index is 12.4. The van der Waals surface area contributed by atoms with Crippen molar-refractivity contribution in [3.05, 3.63) is 23.8 Å². The lowest BCUT2D eigenvalue weighted by molar-refractivity contribution is -0.282. The van der Waals surface area contributed by atoms with E-state index in [9.17, 15) is 19.2 Å². The van der Waals surface area contributed by atoms with Crippen molar-refractivity contribution in [2.45, 2.75) is 58.4 Å². The Bertz CT molecular complexity index is 854. The molecule has 1 fully saturated rings. The molecule has 0 unspecified atom stereocenters. The van der Waals surface area contributed by atoms with Gasteiger partial charge in [0.2, 0.25) is 12.4 Å². The summed E-state index contributed by atoms with van der Waals surface area (Å²) in [4.78, 5) is 47.5. The largest absolute Gasteiger partial charge is 0.467 e. The lowest BCUT2D eigenvalue weighted by atomic mass is 9.97. The molecular weight excluding hydrogens is 414 g/mol. The first-order valence-corrected chi connectivity index (χ1v) is 9.31. The second kappa shape index (κ2) is 10.1. The number of hydrogen-bond donors (Lipinski definition) is 1. The highest BCUT2D eigenvalue weighted by atomic mass is 16.7. The number of anilines is 1. The van der Waals surface area contributed by atoms with Gasteiger partial charge in [0, 0.05) is 20.8 Å². The molecule has 1 aliphatic rings. The summed E-state index contributed by atoms with van der Waals surface area (Å²) < 4.78 is 31.9. The zero-order chi connectivity index (χ0) is 23.3. The molecule has 0 saturated carbocycles. The maximum Gasteiger partial charge on any atom is 0.339 e. The van der Waals surface area contributed by atoms with Crippen molar-refractivity contribution >= 4 is 29.6 Å². The van der Waals surface area contributed by atoms with Crippen LogP contribution in [0.3, 0.4) is 0 Å². The first-order chi connectivity index (χ1) is 14.5. The summed E-state index contributed by atoms with van der Waals surface area (Å²) in [7, 11) is 1.10. The number of nitrogen functional groups attached to an aromatic ring is 1. The van der Waals surface area contributed by atoms with Crippen LogP contribution in [0.2, 0.25) is 0 Å². The van der Waals surface area contributed by atoms with Crippen molar-refractivity contribution in [2.24, 2.45) is 0 Å². The van der Waals surface area contributed by atoms with E-state index in [1.165, 1.54) is 0 Å². The number of aryl methyl sites for hydroxylation is 1. The Hall–Kier alpha value is -3.34. The quantitative estimate of drug-likeness (QED) is 0.378. The highest BCUT2D eigenvalue weighted by molar-refractivity contribution is 5.77. The molecule has 2 rings (SSSR count). The van der Waals surface area contributed by atoms with Crippen molar-refractivity contribution in [2.75, 3.05) is 12.8 Å². The molecule has 170 valence electrons. The Balaban J connectivity index is 2.52. The fraction of sp³-hybridized carbons (Fsp3) is 0.500. The van der Waals surface area contributed by atoms with Crippen molar-refractivity contribution in [1.29, 1.82) is 0 Å². The predicted molar refractivity (Wildman–Crippen MR) is 104 cm³/mol.